The van der Waals surface area contributed by atoms with E-state index in [0.29, 0.717) is 11.1 Å². The summed E-state index contributed by atoms with van der Waals surface area (Å²) in [5.74, 6) is -0.381. The predicted molar refractivity (Wildman–Crippen MR) is 69.3 cm³/mol. The lowest BCUT2D eigenvalue weighted by Gasteiger charge is -2.19. The second kappa shape index (κ2) is 4.95. The van der Waals surface area contributed by atoms with Crippen LogP contribution in [-0.2, 0) is 10.0 Å². The molecule has 0 aliphatic rings. The molecule has 0 amide bonds. The highest BCUT2D eigenvalue weighted by molar-refractivity contribution is 7.89. The Morgan fingerprint density at radius 1 is 1.28 bits per heavy atom. The van der Waals surface area contributed by atoms with Crippen molar-refractivity contribution >= 4 is 10.0 Å². The average molecular weight is 274 g/mol. The van der Waals surface area contributed by atoms with Crippen molar-refractivity contribution in [3.63, 3.8) is 0 Å². The van der Waals surface area contributed by atoms with Gasteiger partial charge in [-0.1, -0.05) is 0 Å². The second-order valence-electron chi connectivity index (χ2n) is 5.18. The second-order valence-corrected chi connectivity index (χ2v) is 6.95. The third-order valence-corrected chi connectivity index (χ3v) is 3.82. The lowest BCUT2D eigenvalue weighted by Crippen LogP contribution is -2.45. The Bertz CT molecular complexity index is 525. The van der Waals surface area contributed by atoms with Crippen LogP contribution in [0.1, 0.15) is 25.0 Å². The van der Waals surface area contributed by atoms with Crippen LogP contribution in [0.15, 0.2) is 17.0 Å². The fraction of sp³-hybridized carbons (Fsp3) is 0.500. The van der Waals surface area contributed by atoms with E-state index in [1.807, 2.05) is 0 Å². The summed E-state index contributed by atoms with van der Waals surface area (Å²) in [5.41, 5.74) is 5.69. The molecule has 18 heavy (non-hydrogen) atoms. The molecule has 1 aromatic rings. The van der Waals surface area contributed by atoms with Gasteiger partial charge in [-0.25, -0.2) is 17.5 Å². The lowest BCUT2D eigenvalue weighted by molar-refractivity contribution is 0.497. The van der Waals surface area contributed by atoms with E-state index < -0.39 is 15.6 Å². The summed E-state index contributed by atoms with van der Waals surface area (Å²) in [7, 11) is -3.65. The molecule has 102 valence electrons. The zero-order valence-electron chi connectivity index (χ0n) is 11.0. The molecule has 0 spiro atoms. The van der Waals surface area contributed by atoms with E-state index >= 15 is 0 Å². The summed E-state index contributed by atoms with van der Waals surface area (Å²) in [6, 6.07) is 2.63. The molecular weight excluding hydrogens is 255 g/mol. The zero-order chi connectivity index (χ0) is 14.1. The Labute approximate surface area is 107 Å². The van der Waals surface area contributed by atoms with Gasteiger partial charge in [-0.3, -0.25) is 0 Å². The number of hydrogen-bond donors (Lipinski definition) is 2. The van der Waals surface area contributed by atoms with Crippen molar-refractivity contribution in [3.05, 3.63) is 29.1 Å². The molecule has 0 unspecified atom stereocenters. The van der Waals surface area contributed by atoms with Gasteiger partial charge in [0.2, 0.25) is 10.0 Å². The van der Waals surface area contributed by atoms with Crippen LogP contribution in [0.2, 0.25) is 0 Å². The number of sulfonamides is 1. The molecular formula is C12H19FN2O2S. The summed E-state index contributed by atoms with van der Waals surface area (Å²) in [5, 5.41) is 0. The Kier molecular flexibility index (Phi) is 4.15. The Morgan fingerprint density at radius 3 is 2.11 bits per heavy atom. The van der Waals surface area contributed by atoms with E-state index in [0.717, 1.165) is 0 Å². The average Bonchev–Trinajstić information content (AvgIpc) is 2.21. The SMILES string of the molecule is Cc1cc(S(=O)(=O)NCC(C)(C)N)cc(C)c1F. The lowest BCUT2D eigenvalue weighted by atomic mass is 10.1. The van der Waals surface area contributed by atoms with Crippen molar-refractivity contribution < 1.29 is 12.8 Å². The first-order chi connectivity index (χ1) is 8.03. The van der Waals surface area contributed by atoms with Gasteiger partial charge in [0, 0.05) is 12.1 Å². The van der Waals surface area contributed by atoms with Crippen LogP contribution < -0.4 is 10.5 Å². The van der Waals surface area contributed by atoms with Crippen LogP contribution in [0.25, 0.3) is 0 Å². The number of rotatable bonds is 4. The van der Waals surface area contributed by atoms with Crippen molar-refractivity contribution in [3.8, 4) is 0 Å². The largest absolute Gasteiger partial charge is 0.324 e. The van der Waals surface area contributed by atoms with Crippen LogP contribution in [0.3, 0.4) is 0 Å². The summed E-state index contributed by atoms with van der Waals surface area (Å²) in [6.45, 7) is 6.63. The monoisotopic (exact) mass is 274 g/mol. The van der Waals surface area contributed by atoms with E-state index in [-0.39, 0.29) is 17.3 Å². The van der Waals surface area contributed by atoms with Gasteiger partial charge in [0.25, 0.3) is 0 Å². The fourth-order valence-corrected chi connectivity index (χ4v) is 2.82. The predicted octanol–water partition coefficient (Wildman–Crippen LogP) is 1.46. The van der Waals surface area contributed by atoms with Crippen molar-refractivity contribution in [2.75, 3.05) is 6.54 Å². The first-order valence-corrected chi connectivity index (χ1v) is 7.06. The van der Waals surface area contributed by atoms with Crippen molar-refractivity contribution in [1.82, 2.24) is 4.72 Å². The minimum atomic E-state index is -3.65. The summed E-state index contributed by atoms with van der Waals surface area (Å²) in [6.07, 6.45) is 0. The quantitative estimate of drug-likeness (QED) is 0.873. The molecule has 0 bridgehead atoms. The highest BCUT2D eigenvalue weighted by Gasteiger charge is 2.20. The molecule has 0 saturated heterocycles. The molecule has 0 heterocycles. The van der Waals surface area contributed by atoms with Crippen LogP contribution in [0.4, 0.5) is 4.39 Å². The maximum Gasteiger partial charge on any atom is 0.240 e. The highest BCUT2D eigenvalue weighted by Crippen LogP contribution is 2.18. The molecule has 0 aliphatic heterocycles. The van der Waals surface area contributed by atoms with Gasteiger partial charge in [0.05, 0.1) is 4.90 Å². The number of aryl methyl sites for hydroxylation is 2. The molecule has 4 nitrogen and oxygen atoms in total. The van der Waals surface area contributed by atoms with Crippen molar-refractivity contribution in [1.29, 1.82) is 0 Å². The normalized spacial score (nSPS) is 12.8. The molecule has 1 rings (SSSR count). The first-order valence-electron chi connectivity index (χ1n) is 5.58. The number of nitrogens with one attached hydrogen (secondary N) is 1. The van der Waals surface area contributed by atoms with Gasteiger partial charge in [-0.15, -0.1) is 0 Å². The minimum absolute atomic E-state index is 0.0585. The molecule has 1 aromatic carbocycles. The maximum atomic E-state index is 13.4. The van der Waals surface area contributed by atoms with Crippen LogP contribution in [0, 0.1) is 19.7 Å². The molecule has 0 fully saturated rings. The van der Waals surface area contributed by atoms with Gasteiger partial charge < -0.3 is 5.73 Å². The highest BCUT2D eigenvalue weighted by atomic mass is 32.2. The molecule has 0 radical (unpaired) electrons. The zero-order valence-corrected chi connectivity index (χ0v) is 11.9. The molecule has 0 saturated carbocycles. The molecule has 0 aliphatic carbocycles. The summed E-state index contributed by atoms with van der Waals surface area (Å²) < 4.78 is 39.9. The molecule has 3 N–H and O–H groups in total. The van der Waals surface area contributed by atoms with E-state index in [9.17, 15) is 12.8 Å². The Morgan fingerprint density at radius 2 is 1.72 bits per heavy atom. The Balaban J connectivity index is 3.07. The standard InChI is InChI=1S/C12H19FN2O2S/c1-8-5-10(6-9(2)11(8)13)18(16,17)15-7-12(3,4)14/h5-6,15H,7,14H2,1-4H3. The third kappa shape index (κ3) is 3.76. The van der Waals surface area contributed by atoms with Crippen LogP contribution >= 0.6 is 0 Å². The van der Waals surface area contributed by atoms with E-state index in [1.165, 1.54) is 26.0 Å². The van der Waals surface area contributed by atoms with E-state index in [1.54, 1.807) is 13.8 Å². The van der Waals surface area contributed by atoms with Gasteiger partial charge in [-0.2, -0.15) is 0 Å². The van der Waals surface area contributed by atoms with Crippen LogP contribution in [0.5, 0.6) is 0 Å². The van der Waals surface area contributed by atoms with Gasteiger partial charge in [0.15, 0.2) is 0 Å². The number of nitrogens with two attached hydrogens (primary N) is 1. The maximum absolute atomic E-state index is 13.4. The van der Waals surface area contributed by atoms with E-state index in [4.69, 9.17) is 5.73 Å². The van der Waals surface area contributed by atoms with Crippen molar-refractivity contribution in [2.24, 2.45) is 5.73 Å². The van der Waals surface area contributed by atoms with Gasteiger partial charge >= 0.3 is 0 Å². The number of benzene rings is 1. The van der Waals surface area contributed by atoms with Gasteiger partial charge in [-0.05, 0) is 51.0 Å². The van der Waals surface area contributed by atoms with E-state index in [2.05, 4.69) is 4.72 Å². The topological polar surface area (TPSA) is 72.2 Å². The molecule has 0 aromatic heterocycles. The fourth-order valence-electron chi connectivity index (χ4n) is 1.43. The molecule has 0 atom stereocenters. The Hall–Kier alpha value is -0.980. The van der Waals surface area contributed by atoms with Gasteiger partial charge in [0.1, 0.15) is 5.82 Å². The first kappa shape index (κ1) is 15.1. The smallest absolute Gasteiger partial charge is 0.240 e. The number of hydrogen-bond acceptors (Lipinski definition) is 3. The van der Waals surface area contributed by atoms with Crippen LogP contribution in [-0.4, -0.2) is 20.5 Å². The summed E-state index contributed by atoms with van der Waals surface area (Å²) in [4.78, 5) is 0.0585. The molecule has 6 heteroatoms. The third-order valence-electron chi connectivity index (χ3n) is 2.44. The minimum Gasteiger partial charge on any atom is -0.324 e. The summed E-state index contributed by atoms with van der Waals surface area (Å²) >= 11 is 0. The number of halogens is 1. The van der Waals surface area contributed by atoms with Crippen molar-refractivity contribution in [2.45, 2.75) is 38.1 Å².